The van der Waals surface area contributed by atoms with Crippen molar-refractivity contribution >= 4 is 68.9 Å². The standard InChI is InChI=1S/C38H31Cl2N3O6S2/c1-3-47-31-17-23(10-14-30(31)48-19-22-7-5-4-6-8-22)33-32(34(44)24-11-13-29-26(16-24)15-21(2)49-29)35(45)36(46)43(33)37-41-42-38(51-37)50-20-25-9-12-27(39)18-28(25)40/h4-14,16-18,21,33,44H,3,15,19-20H2,1-2H3. The van der Waals surface area contributed by atoms with Crippen LogP contribution in [0.15, 0.2) is 94.8 Å². The van der Waals surface area contributed by atoms with Crippen molar-refractivity contribution in [1.82, 2.24) is 10.2 Å². The van der Waals surface area contributed by atoms with Gasteiger partial charge in [-0.1, -0.05) is 88.8 Å². The number of ether oxygens (including phenoxy) is 3. The van der Waals surface area contributed by atoms with Crippen LogP contribution in [0.5, 0.6) is 17.2 Å². The molecule has 7 rings (SSSR count). The highest BCUT2D eigenvalue weighted by atomic mass is 35.5. The monoisotopic (exact) mass is 759 g/mol. The summed E-state index contributed by atoms with van der Waals surface area (Å²) in [6, 6.07) is 24.5. The third kappa shape index (κ3) is 7.30. The van der Waals surface area contributed by atoms with Crippen LogP contribution in [0.3, 0.4) is 0 Å². The first-order valence-electron chi connectivity index (χ1n) is 16.1. The number of fused-ring (bicyclic) bond motifs is 1. The van der Waals surface area contributed by atoms with Gasteiger partial charge in [0.2, 0.25) is 5.13 Å². The van der Waals surface area contributed by atoms with E-state index in [2.05, 4.69) is 10.2 Å². The molecule has 4 aromatic carbocycles. The van der Waals surface area contributed by atoms with Gasteiger partial charge >= 0.3 is 5.91 Å². The van der Waals surface area contributed by atoms with Crippen LogP contribution in [0.2, 0.25) is 10.0 Å². The van der Waals surface area contributed by atoms with Crippen LogP contribution >= 0.6 is 46.3 Å². The van der Waals surface area contributed by atoms with Crippen molar-refractivity contribution in [3.05, 3.63) is 128 Å². The molecule has 1 saturated heterocycles. The Morgan fingerprint density at radius 2 is 1.82 bits per heavy atom. The third-order valence-corrected chi connectivity index (χ3v) is 11.1. The molecule has 0 saturated carbocycles. The number of carbonyl (C=O) groups is 2. The number of carbonyl (C=O) groups excluding carboxylic acids is 2. The van der Waals surface area contributed by atoms with E-state index < -0.39 is 17.7 Å². The molecule has 2 unspecified atom stereocenters. The molecule has 1 fully saturated rings. The quantitative estimate of drug-likeness (QED) is 0.0464. The fraction of sp³-hybridized carbons (Fsp3) is 0.211. The molecule has 1 aromatic heterocycles. The van der Waals surface area contributed by atoms with E-state index in [1.54, 1.807) is 48.5 Å². The fourth-order valence-corrected chi connectivity index (χ4v) is 8.45. The Kier molecular flexibility index (Phi) is 10.2. The van der Waals surface area contributed by atoms with Crippen molar-refractivity contribution < 1.29 is 28.9 Å². The Labute approximate surface area is 312 Å². The molecule has 0 bridgehead atoms. The lowest BCUT2D eigenvalue weighted by atomic mass is 9.94. The van der Waals surface area contributed by atoms with Crippen molar-refractivity contribution in [2.45, 2.75) is 49.1 Å². The molecule has 260 valence electrons. The highest BCUT2D eigenvalue weighted by Crippen LogP contribution is 2.46. The average Bonchev–Trinajstić information content (AvgIpc) is 3.82. The van der Waals surface area contributed by atoms with Crippen LogP contribution in [0.25, 0.3) is 5.76 Å². The lowest BCUT2D eigenvalue weighted by Crippen LogP contribution is -2.29. The largest absolute Gasteiger partial charge is 0.507 e. The van der Waals surface area contributed by atoms with Gasteiger partial charge in [-0.05, 0) is 78.6 Å². The van der Waals surface area contributed by atoms with Crippen LogP contribution in [0.4, 0.5) is 5.13 Å². The van der Waals surface area contributed by atoms with Gasteiger partial charge in [0, 0.05) is 27.8 Å². The van der Waals surface area contributed by atoms with E-state index in [0.717, 1.165) is 33.8 Å². The van der Waals surface area contributed by atoms with Crippen molar-refractivity contribution in [3.63, 3.8) is 0 Å². The number of thioether (sulfide) groups is 1. The molecule has 13 heteroatoms. The van der Waals surface area contributed by atoms with Gasteiger partial charge in [-0.3, -0.25) is 14.5 Å². The number of aliphatic hydroxyl groups is 1. The number of anilines is 1. The molecule has 2 atom stereocenters. The summed E-state index contributed by atoms with van der Waals surface area (Å²) >= 11 is 15.0. The minimum atomic E-state index is -1.05. The number of Topliss-reactive ketones (excluding diaryl/α,β-unsaturated/α-hetero) is 1. The van der Waals surface area contributed by atoms with E-state index in [1.807, 2.05) is 50.2 Å². The Morgan fingerprint density at radius 1 is 1.00 bits per heavy atom. The van der Waals surface area contributed by atoms with Crippen LogP contribution < -0.4 is 19.1 Å². The first-order chi connectivity index (χ1) is 24.7. The predicted molar refractivity (Wildman–Crippen MR) is 199 cm³/mol. The zero-order chi connectivity index (χ0) is 35.6. The predicted octanol–water partition coefficient (Wildman–Crippen LogP) is 9.06. The number of ketones is 1. The number of aliphatic hydroxyl groups excluding tert-OH is 1. The van der Waals surface area contributed by atoms with E-state index in [4.69, 9.17) is 37.4 Å². The molecular weight excluding hydrogens is 729 g/mol. The van der Waals surface area contributed by atoms with Gasteiger partial charge in [0.05, 0.1) is 18.2 Å². The van der Waals surface area contributed by atoms with Gasteiger partial charge in [0.1, 0.15) is 24.2 Å². The summed E-state index contributed by atoms with van der Waals surface area (Å²) in [4.78, 5) is 29.1. The molecule has 2 aliphatic heterocycles. The van der Waals surface area contributed by atoms with E-state index >= 15 is 0 Å². The van der Waals surface area contributed by atoms with Crippen LogP contribution in [-0.4, -0.2) is 39.7 Å². The van der Waals surface area contributed by atoms with Gasteiger partial charge in [-0.15, -0.1) is 10.2 Å². The molecule has 0 aliphatic carbocycles. The van der Waals surface area contributed by atoms with Crippen molar-refractivity contribution in [2.75, 3.05) is 11.5 Å². The lowest BCUT2D eigenvalue weighted by molar-refractivity contribution is -0.132. The minimum absolute atomic E-state index is 0.0113. The molecule has 2 aliphatic rings. The van der Waals surface area contributed by atoms with Crippen LogP contribution in [-0.2, 0) is 28.4 Å². The number of aromatic nitrogens is 2. The number of benzene rings is 4. The summed E-state index contributed by atoms with van der Waals surface area (Å²) in [6.45, 7) is 4.48. The second-order valence-electron chi connectivity index (χ2n) is 11.9. The van der Waals surface area contributed by atoms with Gasteiger partial charge in [0.25, 0.3) is 5.78 Å². The van der Waals surface area contributed by atoms with Crippen LogP contribution in [0.1, 0.15) is 47.7 Å². The summed E-state index contributed by atoms with van der Waals surface area (Å²) in [6.07, 6.45) is 0.644. The molecule has 51 heavy (non-hydrogen) atoms. The Morgan fingerprint density at radius 3 is 2.61 bits per heavy atom. The normalized spacial score (nSPS) is 17.8. The van der Waals surface area contributed by atoms with Gasteiger partial charge < -0.3 is 19.3 Å². The maximum atomic E-state index is 13.9. The molecule has 3 heterocycles. The second-order valence-corrected chi connectivity index (χ2v) is 14.9. The SMILES string of the molecule is CCOc1cc(C2C(=C(O)c3ccc4c(c3)CC(C)O4)C(=O)C(=O)N2c2nnc(SCc3ccc(Cl)cc3Cl)s2)ccc1OCc1ccccc1. The zero-order valence-corrected chi connectivity index (χ0v) is 30.6. The summed E-state index contributed by atoms with van der Waals surface area (Å²) in [5.74, 6) is 0.135. The Bertz CT molecular complexity index is 2160. The van der Waals surface area contributed by atoms with Gasteiger partial charge in [-0.25, -0.2) is 0 Å². The number of rotatable bonds is 11. The average molecular weight is 761 g/mol. The second kappa shape index (κ2) is 15.0. The number of halogens is 2. The van der Waals surface area contributed by atoms with E-state index in [-0.39, 0.29) is 22.6 Å². The highest BCUT2D eigenvalue weighted by molar-refractivity contribution is 8.00. The highest BCUT2D eigenvalue weighted by Gasteiger charge is 2.48. The third-order valence-electron chi connectivity index (χ3n) is 8.40. The smallest absolute Gasteiger partial charge is 0.301 e. The Balaban J connectivity index is 1.27. The first kappa shape index (κ1) is 34.9. The zero-order valence-electron chi connectivity index (χ0n) is 27.5. The maximum absolute atomic E-state index is 13.9. The van der Waals surface area contributed by atoms with Gasteiger partial charge in [0.15, 0.2) is 15.8 Å². The van der Waals surface area contributed by atoms with Crippen molar-refractivity contribution in [1.29, 1.82) is 0 Å². The lowest BCUT2D eigenvalue weighted by Gasteiger charge is -2.24. The number of hydrogen-bond donors (Lipinski definition) is 1. The topological polar surface area (TPSA) is 111 Å². The minimum Gasteiger partial charge on any atom is -0.507 e. The van der Waals surface area contributed by atoms with Crippen LogP contribution in [0, 0.1) is 0 Å². The van der Waals surface area contributed by atoms with Gasteiger partial charge in [-0.2, -0.15) is 0 Å². The summed E-state index contributed by atoms with van der Waals surface area (Å²) in [5.41, 5.74) is 3.58. The van der Waals surface area contributed by atoms with E-state index in [1.165, 1.54) is 16.7 Å². The summed E-state index contributed by atoms with van der Waals surface area (Å²) in [7, 11) is 0. The van der Waals surface area contributed by atoms with E-state index in [9.17, 15) is 14.7 Å². The number of amides is 1. The molecule has 9 nitrogen and oxygen atoms in total. The van der Waals surface area contributed by atoms with Crippen molar-refractivity contribution in [2.24, 2.45) is 0 Å². The molecule has 5 aromatic rings. The van der Waals surface area contributed by atoms with E-state index in [0.29, 0.717) is 62.4 Å². The summed E-state index contributed by atoms with van der Waals surface area (Å²) < 4.78 is 18.5. The molecular formula is C38H31Cl2N3O6S2. The maximum Gasteiger partial charge on any atom is 0.301 e. The molecule has 1 amide bonds. The number of hydrogen-bond acceptors (Lipinski definition) is 10. The molecule has 1 N–H and O–H groups in total. The summed E-state index contributed by atoms with van der Waals surface area (Å²) in [5, 5.41) is 21.7. The molecule has 0 spiro atoms. The first-order valence-corrected chi connectivity index (χ1v) is 18.7. The molecule has 0 radical (unpaired) electrons. The van der Waals surface area contributed by atoms with Crippen molar-refractivity contribution in [3.8, 4) is 17.2 Å². The number of nitrogens with zero attached hydrogens (tertiary/aromatic N) is 3. The fourth-order valence-electron chi connectivity index (χ4n) is 6.02. The Hall–Kier alpha value is -4.55.